The van der Waals surface area contributed by atoms with Crippen LogP contribution in [0, 0.1) is 17.8 Å². The van der Waals surface area contributed by atoms with E-state index in [9.17, 15) is 26.7 Å². The summed E-state index contributed by atoms with van der Waals surface area (Å²) in [6, 6.07) is 20.4. The SMILES string of the molecule is CC(C)CN(c1cccc(C(O)(C#Cc2ccccc2)C(F)(F)F)c1)S(=O)(=O)c1ccccc1. The van der Waals surface area contributed by atoms with Crippen LogP contribution in [0.3, 0.4) is 0 Å². The quantitative estimate of drug-likeness (QED) is 0.478. The van der Waals surface area contributed by atoms with Gasteiger partial charge in [0.05, 0.1) is 10.6 Å². The van der Waals surface area contributed by atoms with Gasteiger partial charge < -0.3 is 5.11 Å². The summed E-state index contributed by atoms with van der Waals surface area (Å²) in [6.07, 6.45) is -5.13. The summed E-state index contributed by atoms with van der Waals surface area (Å²) < 4.78 is 69.9. The number of hydrogen-bond acceptors (Lipinski definition) is 3. The van der Waals surface area contributed by atoms with Gasteiger partial charge in [-0.15, -0.1) is 0 Å². The first-order valence-corrected chi connectivity index (χ1v) is 11.9. The molecule has 0 radical (unpaired) electrons. The Morgan fingerprint density at radius 2 is 1.50 bits per heavy atom. The second-order valence-corrected chi connectivity index (χ2v) is 9.98. The van der Waals surface area contributed by atoms with E-state index in [1.54, 1.807) is 50.2 Å². The first kappa shape index (κ1) is 25.3. The lowest BCUT2D eigenvalue weighted by molar-refractivity contribution is -0.240. The molecule has 0 saturated heterocycles. The third-order valence-electron chi connectivity index (χ3n) is 4.99. The van der Waals surface area contributed by atoms with Crippen LogP contribution >= 0.6 is 0 Å². The van der Waals surface area contributed by atoms with Gasteiger partial charge in [0.15, 0.2) is 0 Å². The van der Waals surface area contributed by atoms with Crippen molar-refractivity contribution in [2.45, 2.75) is 30.5 Å². The van der Waals surface area contributed by atoms with Crippen LogP contribution in [0.5, 0.6) is 0 Å². The summed E-state index contributed by atoms with van der Waals surface area (Å²) in [7, 11) is -4.07. The molecule has 0 fully saturated rings. The molecule has 34 heavy (non-hydrogen) atoms. The fourth-order valence-corrected chi connectivity index (χ4v) is 4.91. The molecule has 0 aliphatic heterocycles. The predicted octanol–water partition coefficient (Wildman–Crippen LogP) is 5.34. The van der Waals surface area contributed by atoms with Gasteiger partial charge in [-0.05, 0) is 48.2 Å². The van der Waals surface area contributed by atoms with Crippen molar-refractivity contribution in [1.82, 2.24) is 0 Å². The van der Waals surface area contributed by atoms with Crippen LogP contribution in [-0.4, -0.2) is 26.2 Å². The topological polar surface area (TPSA) is 57.6 Å². The molecule has 0 spiro atoms. The molecule has 0 aromatic heterocycles. The lowest BCUT2D eigenvalue weighted by Gasteiger charge is -2.29. The van der Waals surface area contributed by atoms with Crippen LogP contribution < -0.4 is 4.31 Å². The first-order valence-electron chi connectivity index (χ1n) is 10.5. The molecule has 1 atom stereocenters. The summed E-state index contributed by atoms with van der Waals surface area (Å²) in [5.41, 5.74) is -3.77. The van der Waals surface area contributed by atoms with Crippen molar-refractivity contribution in [3.8, 4) is 11.8 Å². The molecule has 0 amide bonds. The highest BCUT2D eigenvalue weighted by Gasteiger charge is 2.54. The zero-order valence-corrected chi connectivity index (χ0v) is 19.4. The Morgan fingerprint density at radius 3 is 2.06 bits per heavy atom. The maximum Gasteiger partial charge on any atom is 0.433 e. The number of sulfonamides is 1. The number of aliphatic hydroxyl groups is 1. The van der Waals surface area contributed by atoms with Gasteiger partial charge in [0.25, 0.3) is 10.0 Å². The van der Waals surface area contributed by atoms with Crippen LogP contribution in [0.4, 0.5) is 18.9 Å². The van der Waals surface area contributed by atoms with E-state index in [1.807, 2.05) is 5.92 Å². The molecular formula is C26H24F3NO3S. The maximum atomic E-state index is 14.1. The first-order chi connectivity index (χ1) is 15.9. The number of halogens is 3. The highest BCUT2D eigenvalue weighted by molar-refractivity contribution is 7.92. The average molecular weight is 488 g/mol. The van der Waals surface area contributed by atoms with Crippen LogP contribution in [0.15, 0.2) is 89.8 Å². The zero-order valence-electron chi connectivity index (χ0n) is 18.6. The van der Waals surface area contributed by atoms with Gasteiger partial charge in [0.2, 0.25) is 5.60 Å². The number of rotatable bonds is 6. The Morgan fingerprint density at radius 1 is 0.912 bits per heavy atom. The van der Waals surface area contributed by atoms with Gasteiger partial charge in [0, 0.05) is 17.7 Å². The molecule has 4 nitrogen and oxygen atoms in total. The van der Waals surface area contributed by atoms with Gasteiger partial charge in [-0.25, -0.2) is 8.42 Å². The van der Waals surface area contributed by atoms with E-state index < -0.39 is 27.4 Å². The Kier molecular flexibility index (Phi) is 7.39. The molecule has 3 aromatic carbocycles. The van der Waals surface area contributed by atoms with Gasteiger partial charge >= 0.3 is 6.18 Å². The summed E-state index contributed by atoms with van der Waals surface area (Å²) in [5, 5.41) is 10.7. The lowest BCUT2D eigenvalue weighted by atomic mass is 9.92. The molecule has 8 heteroatoms. The smallest absolute Gasteiger partial charge is 0.366 e. The van der Waals surface area contributed by atoms with Crippen molar-refractivity contribution in [3.63, 3.8) is 0 Å². The second kappa shape index (κ2) is 9.92. The van der Waals surface area contributed by atoms with Crippen molar-refractivity contribution < 1.29 is 26.7 Å². The van der Waals surface area contributed by atoms with Crippen molar-refractivity contribution in [1.29, 1.82) is 0 Å². The lowest BCUT2D eigenvalue weighted by Crippen LogP contribution is -2.41. The van der Waals surface area contributed by atoms with E-state index in [-0.39, 0.29) is 23.0 Å². The van der Waals surface area contributed by atoms with Gasteiger partial charge in [0.1, 0.15) is 0 Å². The normalized spacial score (nSPS) is 13.6. The number of nitrogens with zero attached hydrogens (tertiary/aromatic N) is 1. The minimum atomic E-state index is -5.13. The monoisotopic (exact) mass is 487 g/mol. The maximum absolute atomic E-state index is 14.1. The zero-order chi connectivity index (χ0) is 25.0. The van der Waals surface area contributed by atoms with Crippen molar-refractivity contribution in [2.24, 2.45) is 5.92 Å². The molecule has 0 heterocycles. The van der Waals surface area contributed by atoms with E-state index in [0.717, 1.165) is 16.4 Å². The van der Waals surface area contributed by atoms with Gasteiger partial charge in [-0.3, -0.25) is 4.31 Å². The molecule has 3 rings (SSSR count). The van der Waals surface area contributed by atoms with Crippen molar-refractivity contribution in [3.05, 3.63) is 96.1 Å². The van der Waals surface area contributed by atoms with Gasteiger partial charge in [-0.1, -0.05) is 68.3 Å². The van der Waals surface area contributed by atoms with E-state index in [0.29, 0.717) is 5.56 Å². The van der Waals surface area contributed by atoms with E-state index >= 15 is 0 Å². The van der Waals surface area contributed by atoms with Crippen LogP contribution in [0.2, 0.25) is 0 Å². The fraction of sp³-hybridized carbons (Fsp3) is 0.231. The largest absolute Gasteiger partial charge is 0.433 e. The minimum Gasteiger partial charge on any atom is -0.366 e. The molecule has 0 bridgehead atoms. The average Bonchev–Trinajstić information content (AvgIpc) is 2.81. The number of anilines is 1. The van der Waals surface area contributed by atoms with Crippen LogP contribution in [-0.2, 0) is 15.6 Å². The highest BCUT2D eigenvalue weighted by atomic mass is 32.2. The Bertz CT molecular complexity index is 1280. The van der Waals surface area contributed by atoms with Crippen LogP contribution in [0.25, 0.3) is 0 Å². The summed E-state index contributed by atoms with van der Waals surface area (Å²) in [4.78, 5) is 0.0102. The predicted molar refractivity (Wildman–Crippen MR) is 126 cm³/mol. The highest BCUT2D eigenvalue weighted by Crippen LogP contribution is 2.40. The van der Waals surface area contributed by atoms with Gasteiger partial charge in [-0.2, -0.15) is 13.2 Å². The molecule has 0 saturated carbocycles. The van der Waals surface area contributed by atoms with Crippen molar-refractivity contribution in [2.75, 3.05) is 10.8 Å². The second-order valence-electron chi connectivity index (χ2n) is 8.12. The summed E-state index contributed by atoms with van der Waals surface area (Å²) in [5.74, 6) is 4.21. The standard InChI is InChI=1S/C26H24F3NO3S/c1-20(2)19-30(34(32,33)24-14-7-4-8-15-24)23-13-9-12-22(18-23)25(31,26(27,28)29)17-16-21-10-5-3-6-11-21/h3-15,18,20,31H,19H2,1-2H3. The minimum absolute atomic E-state index is 0.000704. The Hall–Kier alpha value is -3.28. The number of alkyl halides is 3. The molecule has 0 aliphatic carbocycles. The molecule has 3 aromatic rings. The molecule has 1 N–H and O–H groups in total. The Labute approximate surface area is 197 Å². The Balaban J connectivity index is 2.14. The van der Waals surface area contributed by atoms with E-state index in [4.69, 9.17) is 0 Å². The number of benzene rings is 3. The summed E-state index contributed by atoms with van der Waals surface area (Å²) >= 11 is 0. The molecule has 0 aliphatic rings. The third-order valence-corrected chi connectivity index (χ3v) is 6.79. The number of hydrogen-bond donors (Lipinski definition) is 1. The molecule has 178 valence electrons. The van der Waals surface area contributed by atoms with Crippen molar-refractivity contribution >= 4 is 15.7 Å². The van der Waals surface area contributed by atoms with E-state index in [2.05, 4.69) is 5.92 Å². The van der Waals surface area contributed by atoms with Crippen LogP contribution in [0.1, 0.15) is 25.0 Å². The molecular weight excluding hydrogens is 463 g/mol. The van der Waals surface area contributed by atoms with E-state index in [1.165, 1.54) is 36.4 Å². The molecule has 1 unspecified atom stereocenters. The summed E-state index contributed by atoms with van der Waals surface area (Å²) in [6.45, 7) is 3.63. The fourth-order valence-electron chi connectivity index (χ4n) is 3.27. The third kappa shape index (κ3) is 5.44.